The van der Waals surface area contributed by atoms with Gasteiger partial charge in [-0.2, -0.15) is 11.8 Å². The highest BCUT2D eigenvalue weighted by molar-refractivity contribution is 7.99. The van der Waals surface area contributed by atoms with Gasteiger partial charge in [0.25, 0.3) is 0 Å². The summed E-state index contributed by atoms with van der Waals surface area (Å²) in [7, 11) is 0. The van der Waals surface area contributed by atoms with Gasteiger partial charge in [-0.1, -0.05) is 12.1 Å². The maximum atomic E-state index is 13.5. The summed E-state index contributed by atoms with van der Waals surface area (Å²) >= 11 is 1.97. The Balaban J connectivity index is 1.81. The molecule has 2 aromatic heterocycles. The third-order valence-electron chi connectivity index (χ3n) is 4.06. The number of fused-ring (bicyclic) bond motifs is 1. The molecule has 0 bridgehead atoms. The molecule has 1 aromatic carbocycles. The van der Waals surface area contributed by atoms with E-state index < -0.39 is 0 Å². The molecule has 5 heteroatoms. The smallest absolute Gasteiger partial charge is 0.160 e. The Morgan fingerprint density at radius 2 is 2.23 bits per heavy atom. The molecule has 1 aliphatic rings. The van der Waals surface area contributed by atoms with Crippen LogP contribution >= 0.6 is 11.8 Å². The predicted octanol–water partition coefficient (Wildman–Crippen LogP) is 3.84. The summed E-state index contributed by atoms with van der Waals surface area (Å²) in [6.45, 7) is 0.613. The van der Waals surface area contributed by atoms with Crippen LogP contribution in [0.4, 0.5) is 4.39 Å². The SMILES string of the molecule is Fc1cccc(Cn2c(C3CCSC3)nc3cccnc32)c1. The van der Waals surface area contributed by atoms with Gasteiger partial charge in [-0.25, -0.2) is 14.4 Å². The largest absolute Gasteiger partial charge is 0.308 e. The summed E-state index contributed by atoms with van der Waals surface area (Å²) in [5.74, 6) is 3.64. The molecule has 0 N–H and O–H groups in total. The molecular weight excluding hydrogens is 297 g/mol. The average molecular weight is 313 g/mol. The van der Waals surface area contributed by atoms with Gasteiger partial charge in [0, 0.05) is 17.9 Å². The van der Waals surface area contributed by atoms with Crippen LogP contribution in [-0.2, 0) is 6.54 Å². The number of nitrogens with zero attached hydrogens (tertiary/aromatic N) is 3. The second kappa shape index (κ2) is 5.72. The quantitative estimate of drug-likeness (QED) is 0.736. The molecule has 1 unspecified atom stereocenters. The van der Waals surface area contributed by atoms with Crippen molar-refractivity contribution >= 4 is 22.9 Å². The van der Waals surface area contributed by atoms with Gasteiger partial charge in [0.05, 0.1) is 6.54 Å². The third-order valence-corrected chi connectivity index (χ3v) is 5.22. The molecule has 22 heavy (non-hydrogen) atoms. The second-order valence-corrected chi connectivity index (χ2v) is 6.74. The monoisotopic (exact) mass is 313 g/mol. The van der Waals surface area contributed by atoms with E-state index in [1.165, 1.54) is 11.8 Å². The standard InChI is InChI=1S/C17H16FN3S/c18-14-4-1-3-12(9-14)10-21-16(13-6-8-22-11-13)20-15-5-2-7-19-17(15)21/h1-5,7,9,13H,6,8,10-11H2. The number of hydrogen-bond acceptors (Lipinski definition) is 3. The second-order valence-electron chi connectivity index (χ2n) is 5.59. The molecule has 0 radical (unpaired) electrons. The fourth-order valence-corrected chi connectivity index (χ4v) is 4.22. The number of imidazole rings is 1. The van der Waals surface area contributed by atoms with Gasteiger partial charge < -0.3 is 4.57 Å². The van der Waals surface area contributed by atoms with Gasteiger partial charge in [-0.3, -0.25) is 0 Å². The molecule has 1 fully saturated rings. The molecule has 0 aliphatic carbocycles. The number of thioether (sulfide) groups is 1. The fourth-order valence-electron chi connectivity index (χ4n) is 3.00. The minimum Gasteiger partial charge on any atom is -0.308 e. The maximum absolute atomic E-state index is 13.5. The van der Waals surface area contributed by atoms with E-state index >= 15 is 0 Å². The lowest BCUT2D eigenvalue weighted by Gasteiger charge is -2.13. The zero-order valence-corrected chi connectivity index (χ0v) is 12.9. The van der Waals surface area contributed by atoms with Crippen LogP contribution in [0.15, 0.2) is 42.6 Å². The van der Waals surface area contributed by atoms with E-state index in [1.54, 1.807) is 18.3 Å². The highest BCUT2D eigenvalue weighted by Gasteiger charge is 2.24. The summed E-state index contributed by atoms with van der Waals surface area (Å²) in [4.78, 5) is 9.30. The first-order chi connectivity index (χ1) is 10.8. The highest BCUT2D eigenvalue weighted by atomic mass is 32.2. The van der Waals surface area contributed by atoms with E-state index in [0.29, 0.717) is 12.5 Å². The van der Waals surface area contributed by atoms with Gasteiger partial charge in [0.15, 0.2) is 5.65 Å². The summed E-state index contributed by atoms with van der Waals surface area (Å²) in [6, 6.07) is 10.7. The Morgan fingerprint density at radius 1 is 1.27 bits per heavy atom. The molecule has 1 atom stereocenters. The van der Waals surface area contributed by atoms with Crippen LogP contribution in [0.1, 0.15) is 23.7 Å². The van der Waals surface area contributed by atoms with Crippen LogP contribution in [0, 0.1) is 5.82 Å². The number of rotatable bonds is 3. The van der Waals surface area contributed by atoms with Crippen molar-refractivity contribution in [2.24, 2.45) is 0 Å². The van der Waals surface area contributed by atoms with Crippen molar-refractivity contribution < 1.29 is 4.39 Å². The summed E-state index contributed by atoms with van der Waals surface area (Å²) in [5.41, 5.74) is 2.75. The molecular formula is C17H16FN3S. The summed E-state index contributed by atoms with van der Waals surface area (Å²) < 4.78 is 15.6. The lowest BCUT2D eigenvalue weighted by molar-refractivity contribution is 0.618. The van der Waals surface area contributed by atoms with E-state index in [0.717, 1.165) is 34.7 Å². The molecule has 1 aliphatic heterocycles. The minimum atomic E-state index is -0.201. The van der Waals surface area contributed by atoms with Crippen molar-refractivity contribution in [3.8, 4) is 0 Å². The van der Waals surface area contributed by atoms with Crippen LogP contribution in [0.3, 0.4) is 0 Å². The third kappa shape index (κ3) is 2.50. The number of halogens is 1. The first kappa shape index (κ1) is 13.8. The molecule has 3 nitrogen and oxygen atoms in total. The van der Waals surface area contributed by atoms with Crippen LogP contribution in [0.25, 0.3) is 11.2 Å². The van der Waals surface area contributed by atoms with Gasteiger partial charge in [-0.15, -0.1) is 0 Å². The molecule has 0 spiro atoms. The maximum Gasteiger partial charge on any atom is 0.160 e. The van der Waals surface area contributed by atoms with Crippen molar-refractivity contribution in [1.82, 2.24) is 14.5 Å². The summed E-state index contributed by atoms with van der Waals surface area (Å²) in [6.07, 6.45) is 2.94. The van der Waals surface area contributed by atoms with Gasteiger partial charge in [0.2, 0.25) is 0 Å². The molecule has 0 saturated carbocycles. The molecule has 4 rings (SSSR count). The zero-order valence-electron chi connectivity index (χ0n) is 12.1. The molecule has 3 heterocycles. The average Bonchev–Trinajstić information content (AvgIpc) is 3.15. The molecule has 112 valence electrons. The van der Waals surface area contributed by atoms with Crippen molar-refractivity contribution in [2.75, 3.05) is 11.5 Å². The Hall–Kier alpha value is -1.88. The highest BCUT2D eigenvalue weighted by Crippen LogP contribution is 2.33. The predicted molar refractivity (Wildman–Crippen MR) is 87.7 cm³/mol. The van der Waals surface area contributed by atoms with Gasteiger partial charge in [-0.05, 0) is 42.0 Å². The van der Waals surface area contributed by atoms with E-state index in [2.05, 4.69) is 9.55 Å². The van der Waals surface area contributed by atoms with E-state index in [4.69, 9.17) is 4.98 Å². The molecule has 0 amide bonds. The first-order valence-electron chi connectivity index (χ1n) is 7.44. The van der Waals surface area contributed by atoms with Crippen molar-refractivity contribution in [2.45, 2.75) is 18.9 Å². The summed E-state index contributed by atoms with van der Waals surface area (Å²) in [5, 5.41) is 0. The number of aromatic nitrogens is 3. The molecule has 3 aromatic rings. The Bertz CT molecular complexity index is 809. The van der Waals surface area contributed by atoms with Crippen LogP contribution < -0.4 is 0 Å². The van der Waals surface area contributed by atoms with E-state index in [-0.39, 0.29) is 5.82 Å². The fraction of sp³-hybridized carbons (Fsp3) is 0.294. The Kier molecular flexibility index (Phi) is 3.58. The normalized spacial score (nSPS) is 18.1. The lowest BCUT2D eigenvalue weighted by Crippen LogP contribution is -2.10. The first-order valence-corrected chi connectivity index (χ1v) is 8.60. The van der Waals surface area contributed by atoms with Gasteiger partial charge >= 0.3 is 0 Å². The van der Waals surface area contributed by atoms with Crippen molar-refractivity contribution in [3.05, 3.63) is 59.8 Å². The zero-order chi connectivity index (χ0) is 14.9. The topological polar surface area (TPSA) is 30.7 Å². The lowest BCUT2D eigenvalue weighted by atomic mass is 10.1. The number of benzene rings is 1. The van der Waals surface area contributed by atoms with E-state index in [9.17, 15) is 4.39 Å². The Morgan fingerprint density at radius 3 is 3.05 bits per heavy atom. The van der Waals surface area contributed by atoms with Crippen LogP contribution in [-0.4, -0.2) is 26.0 Å². The van der Waals surface area contributed by atoms with Crippen molar-refractivity contribution in [1.29, 1.82) is 0 Å². The Labute approximate surface area is 132 Å². The minimum absolute atomic E-state index is 0.201. The molecule has 1 saturated heterocycles. The number of pyridine rings is 1. The van der Waals surface area contributed by atoms with Gasteiger partial charge in [0.1, 0.15) is 17.2 Å². The number of hydrogen-bond donors (Lipinski definition) is 0. The van der Waals surface area contributed by atoms with Crippen LogP contribution in [0.5, 0.6) is 0 Å². The van der Waals surface area contributed by atoms with E-state index in [1.807, 2.05) is 30.0 Å². The van der Waals surface area contributed by atoms with Crippen molar-refractivity contribution in [3.63, 3.8) is 0 Å². The van der Waals surface area contributed by atoms with Crippen LogP contribution in [0.2, 0.25) is 0 Å².